The first-order chi connectivity index (χ1) is 13.7. The Balaban J connectivity index is 1.50. The van der Waals surface area contributed by atoms with Crippen LogP contribution >= 0.6 is 0 Å². The minimum absolute atomic E-state index is 0.418. The standard InChI is InChI=1S/C27H50O/c1-4-6-7-8-9-10-11-12-13-24-14-16-26(17-15-24)27-20-18-25(19-21-27)23(3)28-22-5-2/h5,23-27H,2,4,6-22H2,1,3H3/t23?,24?,25-,26?,27-. The van der Waals surface area contributed by atoms with E-state index in [1.54, 1.807) is 0 Å². The SMILES string of the molecule is C=CCOC(C)[C@H]1CC[C@H](C2CCC(CCCCCCCCCC)CC2)CC1. The molecule has 0 radical (unpaired) electrons. The summed E-state index contributed by atoms with van der Waals surface area (Å²) >= 11 is 0. The van der Waals surface area contributed by atoms with Crippen LogP contribution in [0.5, 0.6) is 0 Å². The highest BCUT2D eigenvalue weighted by Gasteiger charge is 2.32. The molecule has 2 fully saturated rings. The van der Waals surface area contributed by atoms with Gasteiger partial charge in [0.15, 0.2) is 0 Å². The van der Waals surface area contributed by atoms with Crippen LogP contribution in [0.25, 0.3) is 0 Å². The molecule has 0 saturated heterocycles. The maximum atomic E-state index is 5.89. The molecule has 1 heteroatoms. The number of ether oxygens (including phenoxy) is 1. The molecule has 164 valence electrons. The van der Waals surface area contributed by atoms with Gasteiger partial charge in [0.2, 0.25) is 0 Å². The fourth-order valence-corrected chi connectivity index (χ4v) is 5.96. The van der Waals surface area contributed by atoms with Gasteiger partial charge in [-0.25, -0.2) is 0 Å². The Kier molecular flexibility index (Phi) is 12.5. The first-order valence-electron chi connectivity index (χ1n) is 13.0. The molecule has 2 rings (SSSR count). The molecule has 1 atom stereocenters. The van der Waals surface area contributed by atoms with Crippen molar-refractivity contribution in [3.63, 3.8) is 0 Å². The van der Waals surface area contributed by atoms with E-state index < -0.39 is 0 Å². The molecule has 0 spiro atoms. The average Bonchev–Trinajstić information content (AvgIpc) is 2.74. The second-order valence-electron chi connectivity index (χ2n) is 10.0. The van der Waals surface area contributed by atoms with Crippen molar-refractivity contribution < 1.29 is 4.74 Å². The average molecular weight is 391 g/mol. The van der Waals surface area contributed by atoms with Gasteiger partial charge in [0, 0.05) is 0 Å². The molecule has 28 heavy (non-hydrogen) atoms. The lowest BCUT2D eigenvalue weighted by atomic mass is 9.68. The van der Waals surface area contributed by atoms with E-state index in [1.807, 2.05) is 6.08 Å². The van der Waals surface area contributed by atoms with E-state index in [1.165, 1.54) is 109 Å². The van der Waals surface area contributed by atoms with Crippen molar-refractivity contribution in [2.24, 2.45) is 23.7 Å². The van der Waals surface area contributed by atoms with E-state index in [0.29, 0.717) is 12.7 Å². The van der Waals surface area contributed by atoms with Crippen molar-refractivity contribution in [2.45, 2.75) is 129 Å². The van der Waals surface area contributed by atoms with Gasteiger partial charge in [0.05, 0.1) is 12.7 Å². The Hall–Kier alpha value is -0.300. The van der Waals surface area contributed by atoms with Crippen molar-refractivity contribution in [2.75, 3.05) is 6.61 Å². The van der Waals surface area contributed by atoms with E-state index in [0.717, 1.165) is 23.7 Å². The molecule has 0 bridgehead atoms. The topological polar surface area (TPSA) is 9.23 Å². The van der Waals surface area contributed by atoms with Crippen molar-refractivity contribution in [1.82, 2.24) is 0 Å². The van der Waals surface area contributed by atoms with Crippen molar-refractivity contribution in [3.05, 3.63) is 12.7 Å². The van der Waals surface area contributed by atoms with Gasteiger partial charge in [0.25, 0.3) is 0 Å². The smallest absolute Gasteiger partial charge is 0.0648 e. The normalized spacial score (nSPS) is 29.5. The zero-order valence-corrected chi connectivity index (χ0v) is 19.3. The van der Waals surface area contributed by atoms with Gasteiger partial charge >= 0.3 is 0 Å². The van der Waals surface area contributed by atoms with E-state index >= 15 is 0 Å². The van der Waals surface area contributed by atoms with E-state index in [-0.39, 0.29) is 0 Å². The lowest BCUT2D eigenvalue weighted by Crippen LogP contribution is -2.30. The minimum Gasteiger partial charge on any atom is -0.374 e. The molecule has 0 heterocycles. The lowest BCUT2D eigenvalue weighted by Gasteiger charge is -2.39. The maximum absolute atomic E-state index is 5.89. The number of unbranched alkanes of at least 4 members (excludes halogenated alkanes) is 7. The number of rotatable bonds is 14. The summed E-state index contributed by atoms with van der Waals surface area (Å²) in [4.78, 5) is 0. The predicted molar refractivity (Wildman–Crippen MR) is 124 cm³/mol. The summed E-state index contributed by atoms with van der Waals surface area (Å²) in [6, 6.07) is 0. The Morgan fingerprint density at radius 1 is 0.786 bits per heavy atom. The van der Waals surface area contributed by atoms with Gasteiger partial charge < -0.3 is 4.74 Å². The second-order valence-corrected chi connectivity index (χ2v) is 10.0. The Morgan fingerprint density at radius 2 is 1.32 bits per heavy atom. The Bertz CT molecular complexity index is 374. The van der Waals surface area contributed by atoms with E-state index in [9.17, 15) is 0 Å². The summed E-state index contributed by atoms with van der Waals surface area (Å²) in [6.07, 6.45) is 27.3. The van der Waals surface area contributed by atoms with E-state index in [2.05, 4.69) is 20.4 Å². The van der Waals surface area contributed by atoms with Crippen molar-refractivity contribution in [3.8, 4) is 0 Å². The summed E-state index contributed by atoms with van der Waals surface area (Å²) in [6.45, 7) is 9.06. The zero-order chi connectivity index (χ0) is 20.0. The molecule has 0 aromatic carbocycles. The van der Waals surface area contributed by atoms with Crippen molar-refractivity contribution in [1.29, 1.82) is 0 Å². The monoisotopic (exact) mass is 390 g/mol. The van der Waals surface area contributed by atoms with Gasteiger partial charge in [0.1, 0.15) is 0 Å². The first kappa shape index (κ1) is 24.0. The van der Waals surface area contributed by atoms with Gasteiger partial charge in [-0.3, -0.25) is 0 Å². The van der Waals surface area contributed by atoms with Crippen LogP contribution in [0.4, 0.5) is 0 Å². The molecule has 0 aromatic rings. The fourth-order valence-electron chi connectivity index (χ4n) is 5.96. The lowest BCUT2D eigenvalue weighted by molar-refractivity contribution is 0.0153. The molecule has 1 unspecified atom stereocenters. The highest BCUT2D eigenvalue weighted by molar-refractivity contribution is 4.84. The van der Waals surface area contributed by atoms with Crippen molar-refractivity contribution >= 4 is 0 Å². The van der Waals surface area contributed by atoms with Crippen LogP contribution < -0.4 is 0 Å². The van der Waals surface area contributed by atoms with Crippen LogP contribution in [-0.4, -0.2) is 12.7 Å². The molecular formula is C27H50O. The summed E-state index contributed by atoms with van der Waals surface area (Å²) < 4.78 is 5.89. The maximum Gasteiger partial charge on any atom is 0.0648 e. The van der Waals surface area contributed by atoms with Gasteiger partial charge in [-0.1, -0.05) is 83.6 Å². The van der Waals surface area contributed by atoms with Crippen LogP contribution in [-0.2, 0) is 4.74 Å². The molecule has 0 aliphatic heterocycles. The zero-order valence-electron chi connectivity index (χ0n) is 19.3. The second kappa shape index (κ2) is 14.6. The summed E-state index contributed by atoms with van der Waals surface area (Å²) in [5, 5.41) is 0. The fraction of sp³-hybridized carbons (Fsp3) is 0.926. The van der Waals surface area contributed by atoms with Gasteiger partial charge in [-0.15, -0.1) is 6.58 Å². The molecular weight excluding hydrogens is 340 g/mol. The molecule has 2 aliphatic rings. The molecule has 0 aromatic heterocycles. The molecule has 2 saturated carbocycles. The quantitative estimate of drug-likeness (QED) is 0.213. The van der Waals surface area contributed by atoms with Crippen LogP contribution in [0.1, 0.15) is 123 Å². The third-order valence-corrected chi connectivity index (χ3v) is 7.98. The van der Waals surface area contributed by atoms with Gasteiger partial charge in [-0.2, -0.15) is 0 Å². The first-order valence-corrected chi connectivity index (χ1v) is 13.0. The summed E-state index contributed by atoms with van der Waals surface area (Å²) in [7, 11) is 0. The number of hydrogen-bond acceptors (Lipinski definition) is 1. The van der Waals surface area contributed by atoms with Gasteiger partial charge in [-0.05, 0) is 69.1 Å². The minimum atomic E-state index is 0.418. The summed E-state index contributed by atoms with van der Waals surface area (Å²) in [5.74, 6) is 3.90. The van der Waals surface area contributed by atoms with Crippen LogP contribution in [0.15, 0.2) is 12.7 Å². The molecule has 0 N–H and O–H groups in total. The number of hydrogen-bond donors (Lipinski definition) is 0. The molecule has 0 amide bonds. The molecule has 1 nitrogen and oxygen atoms in total. The summed E-state index contributed by atoms with van der Waals surface area (Å²) in [5.41, 5.74) is 0. The molecule has 2 aliphatic carbocycles. The Morgan fingerprint density at radius 3 is 1.89 bits per heavy atom. The predicted octanol–water partition coefficient (Wildman–Crippen LogP) is 8.72. The van der Waals surface area contributed by atoms with Crippen LogP contribution in [0, 0.1) is 23.7 Å². The highest BCUT2D eigenvalue weighted by atomic mass is 16.5. The highest BCUT2D eigenvalue weighted by Crippen LogP contribution is 2.43. The third-order valence-electron chi connectivity index (χ3n) is 7.98. The Labute approximate surface area is 177 Å². The van der Waals surface area contributed by atoms with E-state index in [4.69, 9.17) is 4.74 Å². The largest absolute Gasteiger partial charge is 0.374 e. The van der Waals surface area contributed by atoms with Crippen LogP contribution in [0.2, 0.25) is 0 Å². The third kappa shape index (κ3) is 9.02. The van der Waals surface area contributed by atoms with Crippen LogP contribution in [0.3, 0.4) is 0 Å².